The van der Waals surface area contributed by atoms with E-state index in [1.165, 1.54) is 22.3 Å². The first-order valence-corrected chi connectivity index (χ1v) is 7.17. The first kappa shape index (κ1) is 14.5. The van der Waals surface area contributed by atoms with Crippen LogP contribution in [0.5, 0.6) is 0 Å². The van der Waals surface area contributed by atoms with Crippen LogP contribution in [-0.4, -0.2) is 5.78 Å². The molecule has 0 radical (unpaired) electrons. The van der Waals surface area contributed by atoms with Gasteiger partial charge in [-0.3, -0.25) is 4.79 Å². The van der Waals surface area contributed by atoms with E-state index in [1.807, 2.05) is 12.1 Å². The fourth-order valence-electron chi connectivity index (χ4n) is 2.47. The van der Waals surface area contributed by atoms with Crippen molar-refractivity contribution in [2.45, 2.75) is 33.6 Å². The molecule has 0 fully saturated rings. The second-order valence-electron chi connectivity index (χ2n) is 5.63. The number of benzene rings is 2. The van der Waals surface area contributed by atoms with Crippen LogP contribution in [0.3, 0.4) is 0 Å². The number of carbonyl (C=O) groups is 1. The van der Waals surface area contributed by atoms with Gasteiger partial charge in [0.2, 0.25) is 0 Å². The number of Topliss-reactive ketones (excluding diaryl/α,β-unsaturated/α-hetero) is 1. The Labute approximate surface area is 121 Å². The van der Waals surface area contributed by atoms with Gasteiger partial charge in [-0.25, -0.2) is 0 Å². The van der Waals surface area contributed by atoms with Crippen LogP contribution in [0.1, 0.15) is 29.2 Å². The summed E-state index contributed by atoms with van der Waals surface area (Å²) in [6.07, 6.45) is 1.65. The van der Waals surface area contributed by atoms with Crippen LogP contribution in [-0.2, 0) is 17.6 Å². The highest BCUT2D eigenvalue weighted by Gasteiger charge is 2.16. The van der Waals surface area contributed by atoms with Crippen LogP contribution in [0.15, 0.2) is 48.5 Å². The molecule has 1 heteroatoms. The third-order valence-corrected chi connectivity index (χ3v) is 3.91. The molecule has 2 aromatic rings. The van der Waals surface area contributed by atoms with Gasteiger partial charge in [-0.2, -0.15) is 0 Å². The van der Waals surface area contributed by atoms with Crippen LogP contribution in [0.4, 0.5) is 0 Å². The summed E-state index contributed by atoms with van der Waals surface area (Å²) in [6, 6.07) is 16.8. The number of hydrogen-bond donors (Lipinski definition) is 0. The molecule has 0 saturated carbocycles. The van der Waals surface area contributed by atoms with Crippen LogP contribution < -0.4 is 0 Å². The van der Waals surface area contributed by atoms with E-state index in [2.05, 4.69) is 50.2 Å². The van der Waals surface area contributed by atoms with Crippen molar-refractivity contribution in [1.29, 1.82) is 0 Å². The Kier molecular flexibility index (Phi) is 4.73. The Morgan fingerprint density at radius 3 is 2.20 bits per heavy atom. The van der Waals surface area contributed by atoms with E-state index >= 15 is 0 Å². The van der Waals surface area contributed by atoms with E-state index in [0.29, 0.717) is 0 Å². The van der Waals surface area contributed by atoms with E-state index in [4.69, 9.17) is 0 Å². The SMILES string of the molecule is CC(=O)C(Cc1ccc(C)cc1)Cc1ccccc1C. The van der Waals surface area contributed by atoms with E-state index in [-0.39, 0.29) is 11.7 Å². The van der Waals surface area contributed by atoms with Crippen molar-refractivity contribution in [3.63, 3.8) is 0 Å². The van der Waals surface area contributed by atoms with Crippen LogP contribution in [0.2, 0.25) is 0 Å². The summed E-state index contributed by atoms with van der Waals surface area (Å²) in [6.45, 7) is 5.90. The molecule has 1 atom stereocenters. The summed E-state index contributed by atoms with van der Waals surface area (Å²) in [7, 11) is 0. The van der Waals surface area contributed by atoms with Crippen molar-refractivity contribution >= 4 is 5.78 Å². The summed E-state index contributed by atoms with van der Waals surface area (Å²) in [5.74, 6) is 0.340. The van der Waals surface area contributed by atoms with Crippen molar-refractivity contribution in [3.8, 4) is 0 Å². The van der Waals surface area contributed by atoms with E-state index in [0.717, 1.165) is 12.8 Å². The molecule has 0 amide bonds. The molecule has 0 aliphatic heterocycles. The maximum atomic E-state index is 11.9. The van der Waals surface area contributed by atoms with Crippen LogP contribution >= 0.6 is 0 Å². The molecule has 0 saturated heterocycles. The largest absolute Gasteiger partial charge is 0.300 e. The van der Waals surface area contributed by atoms with Crippen LogP contribution in [0.25, 0.3) is 0 Å². The molecular weight excluding hydrogens is 244 g/mol. The van der Waals surface area contributed by atoms with Gasteiger partial charge in [-0.05, 0) is 50.3 Å². The Balaban J connectivity index is 2.14. The number of carbonyl (C=O) groups excluding carboxylic acids is 1. The molecule has 0 aliphatic rings. The van der Waals surface area contributed by atoms with Gasteiger partial charge in [0, 0.05) is 5.92 Å². The fourth-order valence-corrected chi connectivity index (χ4v) is 2.47. The zero-order valence-corrected chi connectivity index (χ0v) is 12.5. The molecule has 0 aliphatic carbocycles. The molecule has 0 heterocycles. The average molecular weight is 266 g/mol. The topological polar surface area (TPSA) is 17.1 Å². The molecular formula is C19H22O. The summed E-state index contributed by atoms with van der Waals surface area (Å²) < 4.78 is 0. The first-order valence-electron chi connectivity index (χ1n) is 7.17. The van der Waals surface area contributed by atoms with E-state index in [1.54, 1.807) is 6.92 Å². The number of rotatable bonds is 5. The molecule has 104 valence electrons. The number of ketones is 1. The third-order valence-electron chi connectivity index (χ3n) is 3.91. The molecule has 20 heavy (non-hydrogen) atoms. The highest BCUT2D eigenvalue weighted by Crippen LogP contribution is 2.18. The first-order chi connectivity index (χ1) is 9.56. The lowest BCUT2D eigenvalue weighted by Crippen LogP contribution is -2.17. The van der Waals surface area contributed by atoms with Gasteiger partial charge >= 0.3 is 0 Å². The lowest BCUT2D eigenvalue weighted by Gasteiger charge is -2.15. The van der Waals surface area contributed by atoms with Crippen molar-refractivity contribution < 1.29 is 4.79 Å². The monoisotopic (exact) mass is 266 g/mol. The smallest absolute Gasteiger partial charge is 0.133 e. The lowest BCUT2D eigenvalue weighted by atomic mass is 9.88. The van der Waals surface area contributed by atoms with Gasteiger partial charge in [-0.1, -0.05) is 54.1 Å². The Hall–Kier alpha value is -1.89. The van der Waals surface area contributed by atoms with Gasteiger partial charge in [0.05, 0.1) is 0 Å². The standard InChI is InChI=1S/C19H22O/c1-14-8-10-17(11-9-14)12-19(16(3)20)13-18-7-5-4-6-15(18)2/h4-11,19H,12-13H2,1-3H3. The lowest BCUT2D eigenvalue weighted by molar-refractivity contribution is -0.120. The highest BCUT2D eigenvalue weighted by atomic mass is 16.1. The zero-order valence-electron chi connectivity index (χ0n) is 12.5. The van der Waals surface area contributed by atoms with Gasteiger partial charge < -0.3 is 0 Å². The third kappa shape index (κ3) is 3.80. The second kappa shape index (κ2) is 6.51. The van der Waals surface area contributed by atoms with Gasteiger partial charge in [0.15, 0.2) is 0 Å². The van der Waals surface area contributed by atoms with E-state index in [9.17, 15) is 4.79 Å². The molecule has 0 bridgehead atoms. The fraction of sp³-hybridized carbons (Fsp3) is 0.316. The second-order valence-corrected chi connectivity index (χ2v) is 5.63. The molecule has 1 nitrogen and oxygen atoms in total. The molecule has 2 rings (SSSR count). The zero-order chi connectivity index (χ0) is 14.5. The maximum Gasteiger partial charge on any atom is 0.133 e. The summed E-state index contributed by atoms with van der Waals surface area (Å²) in [4.78, 5) is 11.9. The highest BCUT2D eigenvalue weighted by molar-refractivity contribution is 5.79. The Bertz CT molecular complexity index is 581. The predicted molar refractivity (Wildman–Crippen MR) is 83.9 cm³/mol. The van der Waals surface area contributed by atoms with Crippen molar-refractivity contribution in [3.05, 3.63) is 70.8 Å². The minimum atomic E-state index is 0.0683. The minimum Gasteiger partial charge on any atom is -0.300 e. The van der Waals surface area contributed by atoms with Crippen molar-refractivity contribution in [1.82, 2.24) is 0 Å². The van der Waals surface area contributed by atoms with E-state index < -0.39 is 0 Å². The Morgan fingerprint density at radius 2 is 1.60 bits per heavy atom. The molecule has 0 aromatic heterocycles. The molecule has 1 unspecified atom stereocenters. The summed E-state index contributed by atoms with van der Waals surface area (Å²) in [5.41, 5.74) is 5.04. The maximum absolute atomic E-state index is 11.9. The van der Waals surface area contributed by atoms with Gasteiger partial charge in [0.25, 0.3) is 0 Å². The van der Waals surface area contributed by atoms with Crippen LogP contribution in [0, 0.1) is 19.8 Å². The van der Waals surface area contributed by atoms with Crippen molar-refractivity contribution in [2.24, 2.45) is 5.92 Å². The number of aryl methyl sites for hydroxylation is 2. The predicted octanol–water partition coefficient (Wildman–Crippen LogP) is 4.29. The normalized spacial score (nSPS) is 12.2. The summed E-state index contributed by atoms with van der Waals surface area (Å²) >= 11 is 0. The van der Waals surface area contributed by atoms with Gasteiger partial charge in [-0.15, -0.1) is 0 Å². The summed E-state index contributed by atoms with van der Waals surface area (Å²) in [5, 5.41) is 0. The quantitative estimate of drug-likeness (QED) is 0.789. The molecule has 0 spiro atoms. The number of hydrogen-bond acceptors (Lipinski definition) is 1. The van der Waals surface area contributed by atoms with Gasteiger partial charge in [0.1, 0.15) is 5.78 Å². The molecule has 0 N–H and O–H groups in total. The minimum absolute atomic E-state index is 0.0683. The Morgan fingerprint density at radius 1 is 0.950 bits per heavy atom. The molecule has 2 aromatic carbocycles. The average Bonchev–Trinajstić information content (AvgIpc) is 2.42. The van der Waals surface area contributed by atoms with Crippen molar-refractivity contribution in [2.75, 3.05) is 0 Å².